The Labute approximate surface area is 144 Å². The van der Waals surface area contributed by atoms with Gasteiger partial charge in [0, 0.05) is 24.4 Å². The highest BCUT2D eigenvalue weighted by Gasteiger charge is 2.01. The van der Waals surface area contributed by atoms with Gasteiger partial charge >= 0.3 is 0 Å². The minimum Gasteiger partial charge on any atom is -0.326 e. The normalized spacial score (nSPS) is 10.6. The second kappa shape index (κ2) is 7.81. The van der Waals surface area contributed by atoms with Gasteiger partial charge in [-0.15, -0.1) is 0 Å². The van der Waals surface area contributed by atoms with Gasteiger partial charge in [0.05, 0.1) is 10.0 Å². The van der Waals surface area contributed by atoms with Gasteiger partial charge in [0.2, 0.25) is 11.8 Å². The van der Waals surface area contributed by atoms with Crippen LogP contribution in [0, 0.1) is 0 Å². The fourth-order valence-corrected chi connectivity index (χ4v) is 2.12. The van der Waals surface area contributed by atoms with Crippen molar-refractivity contribution in [3.8, 4) is 0 Å². The lowest BCUT2D eigenvalue weighted by molar-refractivity contribution is -0.114. The summed E-state index contributed by atoms with van der Waals surface area (Å²) in [7, 11) is 0. The van der Waals surface area contributed by atoms with Gasteiger partial charge in [-0.1, -0.05) is 29.3 Å². The first-order valence-corrected chi connectivity index (χ1v) is 7.51. The number of hydrogen-bond donors (Lipinski definition) is 2. The fraction of sp³-hybridized carbons (Fsp3) is 0.0588. The number of benzene rings is 2. The third-order valence-electron chi connectivity index (χ3n) is 2.84. The summed E-state index contributed by atoms with van der Waals surface area (Å²) in [6.07, 6.45) is 3.05. The predicted molar refractivity (Wildman–Crippen MR) is 94.9 cm³/mol. The maximum atomic E-state index is 11.9. The molecule has 0 aliphatic carbocycles. The van der Waals surface area contributed by atoms with Crippen molar-refractivity contribution in [2.45, 2.75) is 6.92 Å². The monoisotopic (exact) mass is 348 g/mol. The second-order valence-corrected chi connectivity index (χ2v) is 5.57. The van der Waals surface area contributed by atoms with Crippen LogP contribution in [0.1, 0.15) is 12.5 Å². The zero-order chi connectivity index (χ0) is 16.8. The van der Waals surface area contributed by atoms with E-state index in [4.69, 9.17) is 23.2 Å². The van der Waals surface area contributed by atoms with Crippen LogP contribution in [0.2, 0.25) is 10.0 Å². The molecule has 23 heavy (non-hydrogen) atoms. The molecule has 4 nitrogen and oxygen atoms in total. The van der Waals surface area contributed by atoms with Crippen LogP contribution in [-0.4, -0.2) is 11.8 Å². The molecule has 2 aromatic carbocycles. The van der Waals surface area contributed by atoms with Gasteiger partial charge in [0.15, 0.2) is 0 Å². The number of carbonyl (C=O) groups is 2. The van der Waals surface area contributed by atoms with Crippen LogP contribution >= 0.6 is 23.2 Å². The number of anilines is 2. The second-order valence-electron chi connectivity index (χ2n) is 4.75. The summed E-state index contributed by atoms with van der Waals surface area (Å²) in [4.78, 5) is 22.8. The lowest BCUT2D eigenvalue weighted by Gasteiger charge is -2.05. The summed E-state index contributed by atoms with van der Waals surface area (Å²) in [5.74, 6) is -0.422. The van der Waals surface area contributed by atoms with Crippen LogP contribution in [-0.2, 0) is 9.59 Å². The minimum absolute atomic E-state index is 0.147. The molecule has 0 aliphatic heterocycles. The zero-order valence-electron chi connectivity index (χ0n) is 12.3. The average molecular weight is 349 g/mol. The molecule has 0 radical (unpaired) electrons. The van der Waals surface area contributed by atoms with Crippen LogP contribution in [0.3, 0.4) is 0 Å². The van der Waals surface area contributed by atoms with E-state index >= 15 is 0 Å². The number of halogens is 2. The SMILES string of the molecule is CC(=O)Nc1ccc(NC(=O)/C=C/c2ccc(Cl)c(Cl)c2)cc1. The van der Waals surface area contributed by atoms with Crippen molar-refractivity contribution in [3.05, 3.63) is 64.1 Å². The molecule has 2 amide bonds. The van der Waals surface area contributed by atoms with Gasteiger partial charge in [0.25, 0.3) is 0 Å². The van der Waals surface area contributed by atoms with E-state index in [9.17, 15) is 9.59 Å². The molecular formula is C17H14Cl2N2O2. The smallest absolute Gasteiger partial charge is 0.248 e. The maximum Gasteiger partial charge on any atom is 0.248 e. The van der Waals surface area contributed by atoms with Gasteiger partial charge in [-0.05, 0) is 48.0 Å². The Balaban J connectivity index is 1.97. The van der Waals surface area contributed by atoms with Crippen molar-refractivity contribution in [1.82, 2.24) is 0 Å². The molecule has 6 heteroatoms. The molecule has 0 bridgehead atoms. The summed E-state index contributed by atoms with van der Waals surface area (Å²) in [5, 5.41) is 6.27. The molecule has 0 saturated heterocycles. The van der Waals surface area contributed by atoms with E-state index < -0.39 is 0 Å². The first kappa shape index (κ1) is 17.1. The van der Waals surface area contributed by atoms with Crippen molar-refractivity contribution in [2.24, 2.45) is 0 Å². The highest BCUT2D eigenvalue weighted by molar-refractivity contribution is 6.42. The number of amides is 2. The zero-order valence-corrected chi connectivity index (χ0v) is 13.8. The molecule has 0 atom stereocenters. The van der Waals surface area contributed by atoms with Crippen LogP contribution in [0.4, 0.5) is 11.4 Å². The van der Waals surface area contributed by atoms with Crippen molar-refractivity contribution in [3.63, 3.8) is 0 Å². The van der Waals surface area contributed by atoms with Gasteiger partial charge in [-0.25, -0.2) is 0 Å². The summed E-state index contributed by atoms with van der Waals surface area (Å²) in [5.41, 5.74) is 2.07. The number of rotatable bonds is 4. The van der Waals surface area contributed by atoms with E-state index in [-0.39, 0.29) is 11.8 Å². The first-order valence-electron chi connectivity index (χ1n) is 6.76. The Morgan fingerprint density at radius 3 is 2.09 bits per heavy atom. The van der Waals surface area contributed by atoms with E-state index in [1.165, 1.54) is 13.0 Å². The maximum absolute atomic E-state index is 11.9. The Hall–Kier alpha value is -2.30. The molecule has 2 aromatic rings. The van der Waals surface area contributed by atoms with Crippen molar-refractivity contribution < 1.29 is 9.59 Å². The topological polar surface area (TPSA) is 58.2 Å². The molecule has 0 spiro atoms. The molecule has 0 heterocycles. The minimum atomic E-state index is -0.275. The van der Waals surface area contributed by atoms with Crippen LogP contribution in [0.5, 0.6) is 0 Å². The van der Waals surface area contributed by atoms with Gasteiger partial charge in [0.1, 0.15) is 0 Å². The third-order valence-corrected chi connectivity index (χ3v) is 3.58. The Morgan fingerprint density at radius 2 is 1.52 bits per heavy atom. The lowest BCUT2D eigenvalue weighted by Crippen LogP contribution is -2.08. The molecule has 2 rings (SSSR count). The molecular weight excluding hydrogens is 335 g/mol. The van der Waals surface area contributed by atoms with E-state index in [0.717, 1.165) is 5.56 Å². The quantitative estimate of drug-likeness (QED) is 0.793. The predicted octanol–water partition coefficient (Wildman–Crippen LogP) is 4.60. The van der Waals surface area contributed by atoms with Crippen molar-refractivity contribution >= 4 is 52.5 Å². The van der Waals surface area contributed by atoms with E-state index in [1.54, 1.807) is 48.5 Å². The van der Waals surface area contributed by atoms with E-state index in [1.807, 2.05) is 0 Å². The molecule has 0 aliphatic rings. The highest BCUT2D eigenvalue weighted by atomic mass is 35.5. The van der Waals surface area contributed by atoms with Crippen molar-refractivity contribution in [2.75, 3.05) is 10.6 Å². The third kappa shape index (κ3) is 5.43. The Bertz CT molecular complexity index is 756. The Morgan fingerprint density at radius 1 is 0.913 bits per heavy atom. The van der Waals surface area contributed by atoms with Crippen molar-refractivity contribution in [1.29, 1.82) is 0 Å². The summed E-state index contributed by atoms with van der Waals surface area (Å²) >= 11 is 11.7. The van der Waals surface area contributed by atoms with Crippen LogP contribution in [0.15, 0.2) is 48.5 Å². The molecule has 0 aromatic heterocycles. The summed E-state index contributed by atoms with van der Waals surface area (Å²) in [6, 6.07) is 11.9. The van der Waals surface area contributed by atoms with Gasteiger partial charge in [-0.3, -0.25) is 9.59 Å². The largest absolute Gasteiger partial charge is 0.326 e. The Kier molecular flexibility index (Phi) is 5.79. The van der Waals surface area contributed by atoms with Gasteiger partial charge in [-0.2, -0.15) is 0 Å². The highest BCUT2D eigenvalue weighted by Crippen LogP contribution is 2.23. The molecule has 2 N–H and O–H groups in total. The average Bonchev–Trinajstić information content (AvgIpc) is 2.50. The molecule has 0 unspecified atom stereocenters. The fourth-order valence-electron chi connectivity index (χ4n) is 1.81. The molecule has 0 fully saturated rings. The van der Waals surface area contributed by atoms with E-state index in [2.05, 4.69) is 10.6 Å². The number of carbonyl (C=O) groups excluding carboxylic acids is 2. The summed E-state index contributed by atoms with van der Waals surface area (Å²) < 4.78 is 0. The first-order chi connectivity index (χ1) is 10.9. The molecule has 118 valence electrons. The number of nitrogens with one attached hydrogen (secondary N) is 2. The molecule has 0 saturated carbocycles. The number of hydrogen-bond acceptors (Lipinski definition) is 2. The lowest BCUT2D eigenvalue weighted by atomic mass is 10.2. The van der Waals surface area contributed by atoms with Gasteiger partial charge < -0.3 is 10.6 Å². The summed E-state index contributed by atoms with van der Waals surface area (Å²) in [6.45, 7) is 1.43. The van der Waals surface area contributed by atoms with E-state index in [0.29, 0.717) is 21.4 Å². The standard InChI is InChI=1S/C17H14Cl2N2O2/c1-11(22)20-13-4-6-14(7-5-13)21-17(23)9-3-12-2-8-15(18)16(19)10-12/h2-10H,1H3,(H,20,22)(H,21,23)/b9-3+. The van der Waals surface area contributed by atoms with Crippen LogP contribution in [0.25, 0.3) is 6.08 Å². The van der Waals surface area contributed by atoms with Crippen LogP contribution < -0.4 is 10.6 Å².